The molecule has 1 aromatic carbocycles. The number of ether oxygens (including phenoxy) is 2. The Labute approximate surface area is 175 Å². The monoisotopic (exact) mass is 424 g/mol. The maximum atomic E-state index is 12.4. The third kappa shape index (κ3) is 1.56. The van der Waals surface area contributed by atoms with E-state index in [9.17, 15) is 13.9 Å². The Kier molecular flexibility index (Phi) is 2.70. The van der Waals surface area contributed by atoms with Crippen molar-refractivity contribution >= 4 is 5.65 Å². The highest BCUT2D eigenvalue weighted by Crippen LogP contribution is 3.07. The topological polar surface area (TPSA) is 81.8 Å². The molecule has 0 saturated heterocycles. The van der Waals surface area contributed by atoms with E-state index < -0.39 is 6.61 Å². The van der Waals surface area contributed by atoms with Gasteiger partial charge in [-0.05, 0) is 71.6 Å². The van der Waals surface area contributed by atoms with Gasteiger partial charge in [-0.3, -0.25) is 4.98 Å². The maximum absolute atomic E-state index is 12.4. The van der Waals surface area contributed by atoms with Crippen molar-refractivity contribution in [1.82, 2.24) is 19.6 Å². The number of hydrogen-bond donors (Lipinski definition) is 1. The van der Waals surface area contributed by atoms with Crippen LogP contribution in [0, 0.1) is 40.9 Å². The minimum absolute atomic E-state index is 0.0868. The molecule has 0 bridgehead atoms. The first kappa shape index (κ1) is 16.8. The van der Waals surface area contributed by atoms with Crippen molar-refractivity contribution in [2.24, 2.45) is 40.9 Å². The lowest BCUT2D eigenvalue weighted by molar-refractivity contribution is -0.663. The fraction of sp³-hybridized carbons (Fsp3) is 0.500. The highest BCUT2D eigenvalue weighted by Gasteiger charge is 3.09. The summed E-state index contributed by atoms with van der Waals surface area (Å²) in [6.45, 7) is -2.27. The molecule has 0 atom stereocenters. The van der Waals surface area contributed by atoms with Gasteiger partial charge < -0.3 is 14.6 Å². The zero-order chi connectivity index (χ0) is 20.7. The van der Waals surface area contributed by atoms with Crippen LogP contribution >= 0.6 is 0 Å². The van der Waals surface area contributed by atoms with Gasteiger partial charge >= 0.3 is 6.61 Å². The Morgan fingerprint density at radius 1 is 1.00 bits per heavy atom. The quantitative estimate of drug-likeness (QED) is 0.628. The van der Waals surface area contributed by atoms with E-state index in [1.165, 1.54) is 12.1 Å². The van der Waals surface area contributed by atoms with Crippen molar-refractivity contribution in [3.63, 3.8) is 0 Å². The number of hydrogen-bond acceptors (Lipinski definition) is 6. The highest BCUT2D eigenvalue weighted by molar-refractivity contribution is 5.61. The van der Waals surface area contributed by atoms with Crippen LogP contribution in [0.4, 0.5) is 8.78 Å². The predicted molar refractivity (Wildman–Crippen MR) is 101 cm³/mol. The zero-order valence-electron chi connectivity index (χ0n) is 16.2. The second kappa shape index (κ2) is 4.98. The van der Waals surface area contributed by atoms with Crippen LogP contribution < -0.4 is 9.47 Å². The summed E-state index contributed by atoms with van der Waals surface area (Å²) in [7, 11) is 0. The van der Waals surface area contributed by atoms with E-state index in [0.717, 1.165) is 24.2 Å². The van der Waals surface area contributed by atoms with Crippen LogP contribution in [-0.2, 0) is 0 Å². The van der Waals surface area contributed by atoms with Crippen LogP contribution in [0.15, 0.2) is 36.7 Å². The molecule has 2 aromatic heterocycles. The SMILES string of the molecule is OC12C3C4C1C1C2C3C41CCOc1cncc2nnc(-c3ccc(OC(F)F)cc3)n12. The lowest BCUT2D eigenvalue weighted by Gasteiger charge is -3.10. The summed E-state index contributed by atoms with van der Waals surface area (Å²) in [5, 5.41) is 18.9. The minimum Gasteiger partial charge on any atom is -0.477 e. The van der Waals surface area contributed by atoms with Crippen LogP contribution in [0.2, 0.25) is 0 Å². The second-order valence-electron chi connectivity index (χ2n) is 9.62. The Morgan fingerprint density at radius 3 is 2.39 bits per heavy atom. The molecule has 0 spiro atoms. The molecule has 6 saturated carbocycles. The molecular formula is C22H18F2N4O3. The molecule has 0 unspecified atom stereocenters. The molecule has 0 aliphatic heterocycles. The van der Waals surface area contributed by atoms with Gasteiger partial charge in [0.25, 0.3) is 0 Å². The molecule has 31 heavy (non-hydrogen) atoms. The van der Waals surface area contributed by atoms with E-state index in [-0.39, 0.29) is 11.4 Å². The highest BCUT2D eigenvalue weighted by atomic mass is 19.3. The summed E-state index contributed by atoms with van der Waals surface area (Å²) in [6, 6.07) is 6.28. The molecule has 3 aromatic rings. The van der Waals surface area contributed by atoms with Crippen LogP contribution in [-0.4, -0.2) is 43.5 Å². The van der Waals surface area contributed by atoms with E-state index in [2.05, 4.69) is 19.9 Å². The molecule has 158 valence electrons. The Bertz CT molecular complexity index is 1210. The second-order valence-corrected chi connectivity index (χ2v) is 9.62. The zero-order valence-corrected chi connectivity index (χ0v) is 16.2. The standard InChI is InChI=1S/C22H18F2N4O3/c23-20(24)31-10-3-1-9(2-4-10)19-27-26-11-7-25-8-12(28(11)19)30-6-5-21-13-16-14(21)18-15(21)17(13)22(16,18)29/h1-4,7-8,13-18,20,29H,5-6H2. The number of halogens is 2. The molecule has 1 N–H and O–H groups in total. The van der Waals surface area contributed by atoms with Crippen LogP contribution in [0.25, 0.3) is 17.0 Å². The minimum atomic E-state index is -2.86. The van der Waals surface area contributed by atoms with E-state index in [4.69, 9.17) is 4.74 Å². The Balaban J connectivity index is 1.04. The lowest BCUT2D eigenvalue weighted by atomic mass is 8.94. The van der Waals surface area contributed by atoms with Gasteiger partial charge in [0.15, 0.2) is 11.5 Å². The number of benzene rings is 1. The van der Waals surface area contributed by atoms with Crippen molar-refractivity contribution in [2.45, 2.75) is 18.6 Å². The molecule has 0 radical (unpaired) electrons. The van der Waals surface area contributed by atoms with Crippen molar-refractivity contribution in [3.8, 4) is 23.0 Å². The summed E-state index contributed by atoms with van der Waals surface area (Å²) >= 11 is 0. The number of alkyl halides is 2. The molecular weight excluding hydrogens is 406 g/mol. The van der Waals surface area contributed by atoms with E-state index in [0.29, 0.717) is 52.7 Å². The number of aromatic nitrogens is 4. The fourth-order valence-electron chi connectivity index (χ4n) is 8.42. The largest absolute Gasteiger partial charge is 0.477 e. The number of fused-ring (bicyclic) bond motifs is 1. The van der Waals surface area contributed by atoms with Crippen molar-refractivity contribution < 1.29 is 23.4 Å². The molecule has 6 fully saturated rings. The third-order valence-corrected chi connectivity index (χ3v) is 9.19. The van der Waals surface area contributed by atoms with Crippen molar-refractivity contribution in [3.05, 3.63) is 36.7 Å². The summed E-state index contributed by atoms with van der Waals surface area (Å²) < 4.78 is 37.2. The van der Waals surface area contributed by atoms with E-state index in [1.54, 1.807) is 28.9 Å². The average Bonchev–Trinajstić information content (AvgIpc) is 3.21. The number of rotatable bonds is 7. The van der Waals surface area contributed by atoms with E-state index >= 15 is 0 Å². The van der Waals surface area contributed by atoms with Gasteiger partial charge in [-0.2, -0.15) is 8.78 Å². The normalized spacial score (nSPS) is 41.5. The number of nitrogens with zero attached hydrogens (tertiary/aromatic N) is 4. The van der Waals surface area contributed by atoms with Gasteiger partial charge in [0.05, 0.1) is 24.6 Å². The van der Waals surface area contributed by atoms with Crippen molar-refractivity contribution in [1.29, 1.82) is 0 Å². The third-order valence-electron chi connectivity index (χ3n) is 9.19. The molecule has 2 heterocycles. The fourth-order valence-corrected chi connectivity index (χ4v) is 8.42. The van der Waals surface area contributed by atoms with Gasteiger partial charge in [-0.1, -0.05) is 0 Å². The Morgan fingerprint density at radius 2 is 1.71 bits per heavy atom. The van der Waals surface area contributed by atoms with E-state index in [1.807, 2.05) is 0 Å². The van der Waals surface area contributed by atoms with Crippen LogP contribution in [0.3, 0.4) is 0 Å². The molecule has 0 amide bonds. The summed E-state index contributed by atoms with van der Waals surface area (Å²) in [5.41, 5.74) is 1.44. The first-order valence-corrected chi connectivity index (χ1v) is 10.7. The molecule has 6 aliphatic rings. The van der Waals surface area contributed by atoms with Crippen molar-refractivity contribution in [2.75, 3.05) is 6.61 Å². The molecule has 9 rings (SSSR count). The van der Waals surface area contributed by atoms with Gasteiger partial charge in [0.1, 0.15) is 5.75 Å². The number of aliphatic hydroxyl groups is 1. The molecule has 9 heteroatoms. The summed E-state index contributed by atoms with van der Waals surface area (Å²) in [4.78, 5) is 4.22. The smallest absolute Gasteiger partial charge is 0.387 e. The van der Waals surface area contributed by atoms with Crippen LogP contribution in [0.1, 0.15) is 6.42 Å². The summed E-state index contributed by atoms with van der Waals surface area (Å²) in [5.74, 6) is 5.13. The summed E-state index contributed by atoms with van der Waals surface area (Å²) in [6.07, 6.45) is 4.27. The first-order valence-electron chi connectivity index (χ1n) is 10.7. The maximum Gasteiger partial charge on any atom is 0.387 e. The van der Waals surface area contributed by atoms with Gasteiger partial charge in [0.2, 0.25) is 5.88 Å². The van der Waals surface area contributed by atoms with Gasteiger partial charge in [-0.25, -0.2) is 4.40 Å². The molecule has 6 aliphatic carbocycles. The molecule has 7 nitrogen and oxygen atoms in total. The first-order chi connectivity index (χ1) is 15.1. The average molecular weight is 424 g/mol. The Hall–Kier alpha value is -2.81. The predicted octanol–water partition coefficient (Wildman–Crippen LogP) is 2.64. The van der Waals surface area contributed by atoms with Gasteiger partial charge in [-0.15, -0.1) is 10.2 Å². The van der Waals surface area contributed by atoms with Gasteiger partial charge in [0, 0.05) is 5.56 Å². The van der Waals surface area contributed by atoms with Crippen LogP contribution in [0.5, 0.6) is 11.6 Å². The lowest BCUT2D eigenvalue weighted by Crippen LogP contribution is -3.12.